The molecule has 0 radical (unpaired) electrons. The molecule has 24 heavy (non-hydrogen) atoms. The van der Waals surface area contributed by atoms with E-state index in [0.717, 1.165) is 5.56 Å². The average molecular weight is 336 g/mol. The van der Waals surface area contributed by atoms with Crippen LogP contribution in [0.3, 0.4) is 0 Å². The smallest absolute Gasteiger partial charge is 0.408 e. The largest absolute Gasteiger partial charge is 0.481 e. The lowest BCUT2D eigenvalue weighted by molar-refractivity contribution is -0.137. The summed E-state index contributed by atoms with van der Waals surface area (Å²) in [5.41, 5.74) is 0.783. The van der Waals surface area contributed by atoms with Gasteiger partial charge in [-0.2, -0.15) is 0 Å². The average Bonchev–Trinajstić information content (AvgIpc) is 2.57. The molecule has 0 fully saturated rings. The standard InChI is InChI=1S/C16H20N2O6/c19-10-4-9-17-15(22)13(7-8-14(20)21)18-16(23)24-11-12-5-2-1-3-6-12/h1-3,5-6,10,13H,4,7-9,11H2,(H,17,22)(H,18,23)(H,20,21)/t13-/m0/s1. The number of carboxylic acids is 1. The molecule has 3 N–H and O–H groups in total. The Kier molecular flexibility index (Phi) is 8.59. The molecule has 0 aliphatic heterocycles. The Morgan fingerprint density at radius 1 is 1.21 bits per heavy atom. The minimum atomic E-state index is -1.08. The second kappa shape index (κ2) is 10.8. The minimum Gasteiger partial charge on any atom is -0.481 e. The molecule has 0 spiro atoms. The van der Waals surface area contributed by atoms with Crippen LogP contribution in [0.1, 0.15) is 24.8 Å². The first-order chi connectivity index (χ1) is 11.5. The number of hydrogen-bond acceptors (Lipinski definition) is 5. The van der Waals surface area contributed by atoms with Gasteiger partial charge >= 0.3 is 12.1 Å². The summed E-state index contributed by atoms with van der Waals surface area (Å²) in [7, 11) is 0. The van der Waals surface area contributed by atoms with Gasteiger partial charge in [0.05, 0.1) is 0 Å². The minimum absolute atomic E-state index is 0.0328. The predicted molar refractivity (Wildman–Crippen MR) is 84.1 cm³/mol. The van der Waals surface area contributed by atoms with E-state index in [2.05, 4.69) is 10.6 Å². The van der Waals surface area contributed by atoms with E-state index < -0.39 is 24.0 Å². The molecule has 0 saturated carbocycles. The van der Waals surface area contributed by atoms with E-state index in [1.54, 1.807) is 24.3 Å². The SMILES string of the molecule is O=CCCNC(=O)[C@H](CCC(=O)O)NC(=O)OCc1ccccc1. The summed E-state index contributed by atoms with van der Waals surface area (Å²) in [6, 6.07) is 7.94. The molecule has 1 rings (SSSR count). The monoisotopic (exact) mass is 336 g/mol. The fourth-order valence-electron chi connectivity index (χ4n) is 1.82. The Labute approximate surface area is 139 Å². The summed E-state index contributed by atoms with van der Waals surface area (Å²) in [6.45, 7) is 0.151. The van der Waals surface area contributed by atoms with Crippen LogP contribution in [-0.4, -0.2) is 41.9 Å². The van der Waals surface area contributed by atoms with Crippen LogP contribution in [0, 0.1) is 0 Å². The summed E-state index contributed by atoms with van der Waals surface area (Å²) >= 11 is 0. The third kappa shape index (κ3) is 7.92. The van der Waals surface area contributed by atoms with Gasteiger partial charge in [-0.1, -0.05) is 30.3 Å². The summed E-state index contributed by atoms with van der Waals surface area (Å²) in [6.07, 6.45) is -0.406. The lowest BCUT2D eigenvalue weighted by Crippen LogP contribution is -2.47. The van der Waals surface area contributed by atoms with Crippen LogP contribution in [0.2, 0.25) is 0 Å². The van der Waals surface area contributed by atoms with Gasteiger partial charge in [0.15, 0.2) is 0 Å². The van der Waals surface area contributed by atoms with Crippen LogP contribution in [-0.2, 0) is 25.7 Å². The highest BCUT2D eigenvalue weighted by molar-refractivity contribution is 5.86. The van der Waals surface area contributed by atoms with E-state index in [4.69, 9.17) is 9.84 Å². The van der Waals surface area contributed by atoms with Gasteiger partial charge < -0.3 is 25.3 Å². The van der Waals surface area contributed by atoms with Crippen molar-refractivity contribution in [3.05, 3.63) is 35.9 Å². The number of ether oxygens (including phenoxy) is 1. The maximum absolute atomic E-state index is 12.0. The van der Waals surface area contributed by atoms with E-state index >= 15 is 0 Å². The fourth-order valence-corrected chi connectivity index (χ4v) is 1.82. The normalized spacial score (nSPS) is 11.2. The second-order valence-corrected chi connectivity index (χ2v) is 4.94. The van der Waals surface area contributed by atoms with E-state index in [1.807, 2.05) is 6.07 Å². The molecule has 0 saturated heterocycles. The zero-order valence-corrected chi connectivity index (χ0v) is 13.1. The van der Waals surface area contributed by atoms with Gasteiger partial charge in [-0.25, -0.2) is 4.79 Å². The third-order valence-electron chi connectivity index (χ3n) is 3.03. The lowest BCUT2D eigenvalue weighted by Gasteiger charge is -2.17. The molecule has 130 valence electrons. The number of carboxylic acid groups (broad SMARTS) is 1. The molecule has 0 aromatic heterocycles. The summed E-state index contributed by atoms with van der Waals surface area (Å²) in [5, 5.41) is 13.5. The van der Waals surface area contributed by atoms with Gasteiger partial charge in [0.25, 0.3) is 0 Å². The van der Waals surface area contributed by atoms with Crippen molar-refractivity contribution in [1.29, 1.82) is 0 Å². The van der Waals surface area contributed by atoms with Crippen molar-refractivity contribution in [3.8, 4) is 0 Å². The molecule has 1 atom stereocenters. The maximum Gasteiger partial charge on any atom is 0.408 e. The van der Waals surface area contributed by atoms with Gasteiger partial charge in [0.1, 0.15) is 18.9 Å². The van der Waals surface area contributed by atoms with Crippen LogP contribution >= 0.6 is 0 Å². The van der Waals surface area contributed by atoms with Crippen molar-refractivity contribution in [2.45, 2.75) is 31.9 Å². The zero-order chi connectivity index (χ0) is 17.8. The summed E-state index contributed by atoms with van der Waals surface area (Å²) in [4.78, 5) is 44.7. The summed E-state index contributed by atoms with van der Waals surface area (Å²) < 4.78 is 5.01. The van der Waals surface area contributed by atoms with E-state index in [0.29, 0.717) is 6.29 Å². The maximum atomic E-state index is 12.0. The van der Waals surface area contributed by atoms with Crippen LogP contribution in [0.25, 0.3) is 0 Å². The number of carbonyl (C=O) groups is 4. The van der Waals surface area contributed by atoms with Crippen LogP contribution in [0.4, 0.5) is 4.79 Å². The van der Waals surface area contributed by atoms with Gasteiger partial charge in [-0.3, -0.25) is 9.59 Å². The van der Waals surface area contributed by atoms with Gasteiger partial charge in [0.2, 0.25) is 5.91 Å². The Hall–Kier alpha value is -2.90. The van der Waals surface area contributed by atoms with E-state index in [9.17, 15) is 19.2 Å². The highest BCUT2D eigenvalue weighted by Gasteiger charge is 2.22. The first-order valence-electron chi connectivity index (χ1n) is 7.43. The topological polar surface area (TPSA) is 122 Å². The summed E-state index contributed by atoms with van der Waals surface area (Å²) in [5.74, 6) is -1.64. The molecule has 0 heterocycles. The molecule has 0 aliphatic carbocycles. The van der Waals surface area contributed by atoms with Gasteiger partial charge in [0, 0.05) is 19.4 Å². The Morgan fingerprint density at radius 2 is 1.92 bits per heavy atom. The molecule has 1 aromatic rings. The molecule has 8 nitrogen and oxygen atoms in total. The highest BCUT2D eigenvalue weighted by atomic mass is 16.5. The highest BCUT2D eigenvalue weighted by Crippen LogP contribution is 2.03. The molecule has 0 aliphatic rings. The number of nitrogens with one attached hydrogen (secondary N) is 2. The second-order valence-electron chi connectivity index (χ2n) is 4.94. The van der Waals surface area contributed by atoms with E-state index in [1.165, 1.54) is 0 Å². The first-order valence-corrected chi connectivity index (χ1v) is 7.43. The van der Waals surface area contributed by atoms with Crippen molar-refractivity contribution in [2.24, 2.45) is 0 Å². The first kappa shape index (κ1) is 19.1. The quantitative estimate of drug-likeness (QED) is 0.430. The number of alkyl carbamates (subject to hydrolysis) is 1. The van der Waals surface area contributed by atoms with Gasteiger partial charge in [-0.15, -0.1) is 0 Å². The molecule has 8 heteroatoms. The Balaban J connectivity index is 2.51. The third-order valence-corrected chi connectivity index (χ3v) is 3.03. The molecule has 1 aromatic carbocycles. The van der Waals surface area contributed by atoms with Crippen molar-refractivity contribution in [1.82, 2.24) is 10.6 Å². The van der Waals surface area contributed by atoms with Crippen molar-refractivity contribution >= 4 is 24.3 Å². The number of amides is 2. The lowest BCUT2D eigenvalue weighted by atomic mass is 10.1. The zero-order valence-electron chi connectivity index (χ0n) is 13.1. The predicted octanol–water partition coefficient (Wildman–Crippen LogP) is 0.851. The molecule has 0 unspecified atom stereocenters. The number of carbonyl (C=O) groups excluding carboxylic acids is 3. The number of hydrogen-bond donors (Lipinski definition) is 3. The number of aldehydes is 1. The Bertz CT molecular complexity index is 561. The Morgan fingerprint density at radius 3 is 2.54 bits per heavy atom. The number of rotatable bonds is 10. The fraction of sp³-hybridized carbons (Fsp3) is 0.375. The molecule has 0 bridgehead atoms. The van der Waals surface area contributed by atoms with Crippen LogP contribution in [0.15, 0.2) is 30.3 Å². The number of benzene rings is 1. The van der Waals surface area contributed by atoms with Crippen molar-refractivity contribution in [3.63, 3.8) is 0 Å². The van der Waals surface area contributed by atoms with Crippen LogP contribution < -0.4 is 10.6 Å². The van der Waals surface area contributed by atoms with Crippen molar-refractivity contribution in [2.75, 3.05) is 6.54 Å². The molecule has 2 amide bonds. The van der Waals surface area contributed by atoms with Gasteiger partial charge in [-0.05, 0) is 12.0 Å². The number of aliphatic carboxylic acids is 1. The van der Waals surface area contributed by atoms with E-state index in [-0.39, 0.29) is 32.4 Å². The van der Waals surface area contributed by atoms with Crippen molar-refractivity contribution < 1.29 is 29.0 Å². The molecular weight excluding hydrogens is 316 g/mol. The molecular formula is C16H20N2O6. The van der Waals surface area contributed by atoms with Crippen LogP contribution in [0.5, 0.6) is 0 Å².